The fourth-order valence-electron chi connectivity index (χ4n) is 0.850. The molecule has 0 radical (unpaired) electrons. The molecule has 1 rings (SSSR count). The maximum atomic E-state index is 8.27. The molecule has 46 valence electrons. The van der Waals surface area contributed by atoms with Gasteiger partial charge in [-0.2, -0.15) is 0 Å². The van der Waals surface area contributed by atoms with Crippen molar-refractivity contribution in [3.05, 3.63) is 12.3 Å². The number of hydrogen-bond donors (Lipinski definition) is 1. The first-order chi connectivity index (χ1) is 3.93. The minimum Gasteiger partial charge on any atom is -0.516 e. The van der Waals surface area contributed by atoms with Crippen LogP contribution >= 0.6 is 0 Å². The maximum Gasteiger partial charge on any atom is 0.0788 e. The van der Waals surface area contributed by atoms with E-state index in [-0.39, 0.29) is 6.10 Å². The standard InChI is InChI=1S/C6H10O2/c7-4-3-6-2-1-5-8-6/h3-4,6-7H,1-2,5H2. The van der Waals surface area contributed by atoms with Crippen molar-refractivity contribution in [1.82, 2.24) is 0 Å². The summed E-state index contributed by atoms with van der Waals surface area (Å²) in [6, 6.07) is 0. The van der Waals surface area contributed by atoms with Gasteiger partial charge in [0.25, 0.3) is 0 Å². The quantitative estimate of drug-likeness (QED) is 0.519. The lowest BCUT2D eigenvalue weighted by Gasteiger charge is -1.97. The maximum absolute atomic E-state index is 8.27. The van der Waals surface area contributed by atoms with E-state index >= 15 is 0 Å². The van der Waals surface area contributed by atoms with Crippen LogP contribution in [0.1, 0.15) is 12.8 Å². The molecule has 0 aromatic rings. The normalized spacial score (nSPS) is 29.8. The Morgan fingerprint density at radius 2 is 2.50 bits per heavy atom. The van der Waals surface area contributed by atoms with E-state index in [0.29, 0.717) is 0 Å². The molecule has 1 aliphatic heterocycles. The van der Waals surface area contributed by atoms with Gasteiger partial charge in [0.2, 0.25) is 0 Å². The first-order valence-corrected chi connectivity index (χ1v) is 2.86. The molecular weight excluding hydrogens is 104 g/mol. The van der Waals surface area contributed by atoms with Crippen LogP contribution in [0.25, 0.3) is 0 Å². The Labute approximate surface area is 48.8 Å². The summed E-state index contributed by atoms with van der Waals surface area (Å²) in [4.78, 5) is 0. The Morgan fingerprint density at radius 1 is 1.62 bits per heavy atom. The number of rotatable bonds is 1. The SMILES string of the molecule is OC=CC1CCCO1. The van der Waals surface area contributed by atoms with Crippen LogP contribution < -0.4 is 0 Å². The average Bonchev–Trinajstić information content (AvgIpc) is 2.19. The second kappa shape index (κ2) is 2.72. The van der Waals surface area contributed by atoms with Crippen molar-refractivity contribution >= 4 is 0 Å². The van der Waals surface area contributed by atoms with Gasteiger partial charge in [-0.25, -0.2) is 0 Å². The van der Waals surface area contributed by atoms with Crippen molar-refractivity contribution < 1.29 is 9.84 Å². The molecule has 2 heteroatoms. The van der Waals surface area contributed by atoms with Crippen LogP contribution in [0, 0.1) is 0 Å². The van der Waals surface area contributed by atoms with Gasteiger partial charge >= 0.3 is 0 Å². The summed E-state index contributed by atoms with van der Waals surface area (Å²) >= 11 is 0. The summed E-state index contributed by atoms with van der Waals surface area (Å²) in [6.07, 6.45) is 5.08. The van der Waals surface area contributed by atoms with Gasteiger partial charge in [0.05, 0.1) is 12.4 Å². The van der Waals surface area contributed by atoms with Gasteiger partial charge in [-0.1, -0.05) is 0 Å². The molecule has 1 unspecified atom stereocenters. The van der Waals surface area contributed by atoms with Crippen molar-refractivity contribution in [3.63, 3.8) is 0 Å². The van der Waals surface area contributed by atoms with Crippen LogP contribution in [-0.4, -0.2) is 17.8 Å². The molecule has 2 nitrogen and oxygen atoms in total. The predicted molar refractivity (Wildman–Crippen MR) is 30.7 cm³/mol. The lowest BCUT2D eigenvalue weighted by Crippen LogP contribution is -1.98. The topological polar surface area (TPSA) is 29.5 Å². The van der Waals surface area contributed by atoms with Crippen molar-refractivity contribution in [2.45, 2.75) is 18.9 Å². The number of aliphatic hydroxyl groups excluding tert-OH is 1. The highest BCUT2D eigenvalue weighted by molar-refractivity contribution is 4.85. The summed E-state index contributed by atoms with van der Waals surface area (Å²) in [7, 11) is 0. The Hall–Kier alpha value is -0.500. The van der Waals surface area contributed by atoms with Crippen molar-refractivity contribution in [2.24, 2.45) is 0 Å². The molecule has 1 aliphatic rings. The van der Waals surface area contributed by atoms with E-state index in [0.717, 1.165) is 25.7 Å². The average molecular weight is 114 g/mol. The number of ether oxygens (including phenoxy) is 1. The molecule has 1 atom stereocenters. The third-order valence-electron chi connectivity index (χ3n) is 1.27. The first kappa shape index (κ1) is 5.63. The molecule has 1 fully saturated rings. The summed E-state index contributed by atoms with van der Waals surface area (Å²) in [5.41, 5.74) is 0. The summed E-state index contributed by atoms with van der Waals surface area (Å²) in [5, 5.41) is 8.27. The molecule has 0 aromatic heterocycles. The van der Waals surface area contributed by atoms with E-state index in [1.807, 2.05) is 0 Å². The zero-order valence-corrected chi connectivity index (χ0v) is 4.71. The van der Waals surface area contributed by atoms with Gasteiger partial charge in [0, 0.05) is 6.61 Å². The molecule has 8 heavy (non-hydrogen) atoms. The third-order valence-corrected chi connectivity index (χ3v) is 1.27. The fraction of sp³-hybridized carbons (Fsp3) is 0.667. The molecule has 0 aromatic carbocycles. The monoisotopic (exact) mass is 114 g/mol. The number of hydrogen-bond acceptors (Lipinski definition) is 2. The van der Waals surface area contributed by atoms with Crippen molar-refractivity contribution in [1.29, 1.82) is 0 Å². The van der Waals surface area contributed by atoms with Gasteiger partial charge in [-0.15, -0.1) is 0 Å². The van der Waals surface area contributed by atoms with Crippen LogP contribution in [0.4, 0.5) is 0 Å². The van der Waals surface area contributed by atoms with Gasteiger partial charge in [-0.3, -0.25) is 0 Å². The fourth-order valence-corrected chi connectivity index (χ4v) is 0.850. The molecule has 0 amide bonds. The Balaban J connectivity index is 2.24. The van der Waals surface area contributed by atoms with Crippen LogP contribution in [-0.2, 0) is 4.74 Å². The second-order valence-electron chi connectivity index (χ2n) is 1.89. The van der Waals surface area contributed by atoms with Gasteiger partial charge in [0.1, 0.15) is 0 Å². The van der Waals surface area contributed by atoms with E-state index in [2.05, 4.69) is 0 Å². The summed E-state index contributed by atoms with van der Waals surface area (Å²) in [6.45, 7) is 0.842. The van der Waals surface area contributed by atoms with Crippen LogP contribution in [0.5, 0.6) is 0 Å². The Bertz CT molecular complexity index is 82.5. The summed E-state index contributed by atoms with van der Waals surface area (Å²) in [5.74, 6) is 0. The van der Waals surface area contributed by atoms with Gasteiger partial charge in [0.15, 0.2) is 0 Å². The molecule has 0 bridgehead atoms. The van der Waals surface area contributed by atoms with E-state index in [1.54, 1.807) is 6.08 Å². The Morgan fingerprint density at radius 3 is 3.00 bits per heavy atom. The predicted octanol–water partition coefficient (Wildman–Crippen LogP) is 1.24. The molecule has 1 N–H and O–H groups in total. The molecule has 0 saturated carbocycles. The molecule has 1 saturated heterocycles. The van der Waals surface area contributed by atoms with Gasteiger partial charge in [-0.05, 0) is 18.9 Å². The molecular formula is C6H10O2. The minimum absolute atomic E-state index is 0.181. The van der Waals surface area contributed by atoms with Crippen molar-refractivity contribution in [2.75, 3.05) is 6.61 Å². The zero-order valence-electron chi connectivity index (χ0n) is 4.71. The van der Waals surface area contributed by atoms with E-state index in [4.69, 9.17) is 9.84 Å². The Kier molecular flexibility index (Phi) is 1.92. The second-order valence-corrected chi connectivity index (χ2v) is 1.89. The molecule has 0 spiro atoms. The third kappa shape index (κ3) is 1.23. The van der Waals surface area contributed by atoms with Gasteiger partial charge < -0.3 is 9.84 Å². The largest absolute Gasteiger partial charge is 0.516 e. The van der Waals surface area contributed by atoms with E-state index in [9.17, 15) is 0 Å². The lowest BCUT2D eigenvalue weighted by molar-refractivity contribution is 0.144. The zero-order chi connectivity index (χ0) is 5.82. The smallest absolute Gasteiger partial charge is 0.0788 e. The van der Waals surface area contributed by atoms with Crippen LogP contribution in [0.2, 0.25) is 0 Å². The highest BCUT2D eigenvalue weighted by atomic mass is 16.5. The first-order valence-electron chi connectivity index (χ1n) is 2.86. The minimum atomic E-state index is 0.181. The number of aliphatic hydroxyl groups is 1. The highest BCUT2D eigenvalue weighted by Crippen LogP contribution is 2.11. The lowest BCUT2D eigenvalue weighted by atomic mass is 10.2. The van der Waals surface area contributed by atoms with Crippen LogP contribution in [0.15, 0.2) is 12.3 Å². The molecule has 1 heterocycles. The van der Waals surface area contributed by atoms with Crippen LogP contribution in [0.3, 0.4) is 0 Å². The summed E-state index contributed by atoms with van der Waals surface area (Å²) < 4.78 is 5.15. The molecule has 0 aliphatic carbocycles. The van der Waals surface area contributed by atoms with E-state index < -0.39 is 0 Å². The highest BCUT2D eigenvalue weighted by Gasteiger charge is 2.10. The van der Waals surface area contributed by atoms with E-state index in [1.165, 1.54) is 0 Å². The van der Waals surface area contributed by atoms with Crippen molar-refractivity contribution in [3.8, 4) is 0 Å².